The van der Waals surface area contributed by atoms with Crippen LogP contribution in [0, 0.1) is 11.7 Å². The molecule has 2 saturated heterocycles. The SMILES string of the molecule is O=C(c1ccc(OCC2CCCN(C(=O)c3cccc(F)c3)C2)cc1)N1CCCC1. The molecular formula is C24H27FN2O3. The third kappa shape index (κ3) is 4.81. The highest BCUT2D eigenvalue weighted by molar-refractivity contribution is 5.94. The van der Waals surface area contributed by atoms with E-state index in [0.717, 1.165) is 44.5 Å². The lowest BCUT2D eigenvalue weighted by atomic mass is 9.98. The van der Waals surface area contributed by atoms with E-state index in [2.05, 4.69) is 0 Å². The van der Waals surface area contributed by atoms with Crippen molar-refractivity contribution >= 4 is 11.8 Å². The van der Waals surface area contributed by atoms with E-state index in [4.69, 9.17) is 4.74 Å². The van der Waals surface area contributed by atoms with E-state index in [0.29, 0.717) is 30.8 Å². The van der Waals surface area contributed by atoms with Crippen molar-refractivity contribution in [3.63, 3.8) is 0 Å². The lowest BCUT2D eigenvalue weighted by Crippen LogP contribution is -2.41. The van der Waals surface area contributed by atoms with Crippen molar-refractivity contribution in [1.82, 2.24) is 9.80 Å². The zero-order chi connectivity index (χ0) is 20.9. The zero-order valence-electron chi connectivity index (χ0n) is 17.1. The highest BCUT2D eigenvalue weighted by Crippen LogP contribution is 2.22. The summed E-state index contributed by atoms with van der Waals surface area (Å²) in [6, 6.07) is 13.1. The van der Waals surface area contributed by atoms with Gasteiger partial charge in [-0.1, -0.05) is 6.07 Å². The van der Waals surface area contributed by atoms with Gasteiger partial charge >= 0.3 is 0 Å². The Labute approximate surface area is 176 Å². The fraction of sp³-hybridized carbons (Fsp3) is 0.417. The van der Waals surface area contributed by atoms with E-state index in [1.54, 1.807) is 17.0 Å². The summed E-state index contributed by atoms with van der Waals surface area (Å²) in [4.78, 5) is 28.8. The van der Waals surface area contributed by atoms with Gasteiger partial charge in [-0.05, 0) is 68.1 Å². The molecule has 4 rings (SSSR count). The third-order valence-corrected chi connectivity index (χ3v) is 5.86. The first-order valence-electron chi connectivity index (χ1n) is 10.7. The van der Waals surface area contributed by atoms with Crippen LogP contribution in [-0.2, 0) is 0 Å². The molecule has 2 aromatic carbocycles. The number of ether oxygens (including phenoxy) is 1. The van der Waals surface area contributed by atoms with Crippen LogP contribution >= 0.6 is 0 Å². The summed E-state index contributed by atoms with van der Waals surface area (Å²) in [7, 11) is 0. The maximum atomic E-state index is 13.4. The summed E-state index contributed by atoms with van der Waals surface area (Å²) >= 11 is 0. The molecule has 2 aromatic rings. The van der Waals surface area contributed by atoms with E-state index in [1.165, 1.54) is 12.1 Å². The summed E-state index contributed by atoms with van der Waals surface area (Å²) in [5.74, 6) is 0.495. The van der Waals surface area contributed by atoms with Crippen molar-refractivity contribution in [3.05, 3.63) is 65.5 Å². The number of likely N-dealkylation sites (tertiary alicyclic amines) is 2. The van der Waals surface area contributed by atoms with Crippen molar-refractivity contribution in [2.75, 3.05) is 32.8 Å². The number of nitrogens with zero attached hydrogens (tertiary/aromatic N) is 2. The Bertz CT molecular complexity index is 894. The number of rotatable bonds is 5. The standard InChI is InChI=1S/C24H27FN2O3/c25-21-7-3-6-20(15-21)24(29)27-14-4-5-18(16-27)17-30-22-10-8-19(9-11-22)23(28)26-12-1-2-13-26/h3,6-11,15,18H,1-2,4-5,12-14,16-17H2. The summed E-state index contributed by atoms with van der Waals surface area (Å²) in [5, 5.41) is 0. The predicted octanol–water partition coefficient (Wildman–Crippen LogP) is 3.99. The largest absolute Gasteiger partial charge is 0.493 e. The normalized spacial score (nSPS) is 19.0. The Balaban J connectivity index is 1.30. The zero-order valence-corrected chi connectivity index (χ0v) is 17.1. The molecule has 0 N–H and O–H groups in total. The smallest absolute Gasteiger partial charge is 0.253 e. The average molecular weight is 410 g/mol. The van der Waals surface area contributed by atoms with Crippen LogP contribution in [-0.4, -0.2) is 54.4 Å². The topological polar surface area (TPSA) is 49.9 Å². The lowest BCUT2D eigenvalue weighted by Gasteiger charge is -2.32. The van der Waals surface area contributed by atoms with Crippen LogP contribution in [0.1, 0.15) is 46.4 Å². The Morgan fingerprint density at radius 1 is 0.900 bits per heavy atom. The molecule has 0 spiro atoms. The number of halogens is 1. The maximum Gasteiger partial charge on any atom is 0.253 e. The van der Waals surface area contributed by atoms with Crippen LogP contribution in [0.3, 0.4) is 0 Å². The monoisotopic (exact) mass is 410 g/mol. The van der Waals surface area contributed by atoms with Crippen LogP contribution in [0.5, 0.6) is 5.75 Å². The van der Waals surface area contributed by atoms with E-state index >= 15 is 0 Å². The van der Waals surface area contributed by atoms with Crippen LogP contribution in [0.4, 0.5) is 4.39 Å². The number of amides is 2. The molecule has 1 unspecified atom stereocenters. The molecule has 2 fully saturated rings. The van der Waals surface area contributed by atoms with Gasteiger partial charge in [-0.25, -0.2) is 4.39 Å². The van der Waals surface area contributed by atoms with Crippen LogP contribution in [0.25, 0.3) is 0 Å². The Hall–Kier alpha value is -2.89. The fourth-order valence-corrected chi connectivity index (χ4v) is 4.20. The van der Waals surface area contributed by atoms with Gasteiger partial charge in [0.15, 0.2) is 0 Å². The second-order valence-corrected chi connectivity index (χ2v) is 8.10. The summed E-state index contributed by atoms with van der Waals surface area (Å²) in [6.45, 7) is 3.46. The number of piperidine rings is 1. The molecule has 2 aliphatic rings. The highest BCUT2D eigenvalue weighted by atomic mass is 19.1. The molecule has 0 bridgehead atoms. The quantitative estimate of drug-likeness (QED) is 0.749. The van der Waals surface area contributed by atoms with Crippen molar-refractivity contribution in [2.45, 2.75) is 25.7 Å². The maximum absolute atomic E-state index is 13.4. The van der Waals surface area contributed by atoms with Crippen LogP contribution in [0.2, 0.25) is 0 Å². The van der Waals surface area contributed by atoms with Gasteiger partial charge in [0.2, 0.25) is 0 Å². The minimum Gasteiger partial charge on any atom is -0.493 e. The number of hydrogen-bond donors (Lipinski definition) is 0. The molecular weight excluding hydrogens is 383 g/mol. The highest BCUT2D eigenvalue weighted by Gasteiger charge is 2.25. The molecule has 158 valence electrons. The summed E-state index contributed by atoms with van der Waals surface area (Å²) in [6.07, 6.45) is 4.04. The molecule has 5 nitrogen and oxygen atoms in total. The van der Waals surface area contributed by atoms with Gasteiger partial charge in [0, 0.05) is 43.2 Å². The van der Waals surface area contributed by atoms with Gasteiger partial charge in [0.25, 0.3) is 11.8 Å². The Morgan fingerprint density at radius 2 is 1.60 bits per heavy atom. The lowest BCUT2D eigenvalue weighted by molar-refractivity contribution is 0.0632. The minimum atomic E-state index is -0.399. The molecule has 0 aromatic heterocycles. The van der Waals surface area contributed by atoms with E-state index in [-0.39, 0.29) is 17.7 Å². The first-order valence-corrected chi connectivity index (χ1v) is 10.7. The van der Waals surface area contributed by atoms with E-state index in [9.17, 15) is 14.0 Å². The van der Waals surface area contributed by atoms with Crippen molar-refractivity contribution in [1.29, 1.82) is 0 Å². The van der Waals surface area contributed by atoms with Gasteiger partial charge in [0.05, 0.1) is 6.61 Å². The van der Waals surface area contributed by atoms with Gasteiger partial charge in [-0.2, -0.15) is 0 Å². The van der Waals surface area contributed by atoms with Gasteiger partial charge in [-0.15, -0.1) is 0 Å². The van der Waals surface area contributed by atoms with Gasteiger partial charge in [0.1, 0.15) is 11.6 Å². The number of carbonyl (C=O) groups excluding carboxylic acids is 2. The Kier molecular flexibility index (Phi) is 6.31. The van der Waals surface area contributed by atoms with E-state index in [1.807, 2.05) is 29.2 Å². The summed E-state index contributed by atoms with van der Waals surface area (Å²) in [5.41, 5.74) is 1.07. The number of hydrogen-bond acceptors (Lipinski definition) is 3. The van der Waals surface area contributed by atoms with Crippen molar-refractivity contribution < 1.29 is 18.7 Å². The molecule has 0 aliphatic carbocycles. The van der Waals surface area contributed by atoms with Gasteiger partial charge in [-0.3, -0.25) is 9.59 Å². The van der Waals surface area contributed by atoms with Gasteiger partial charge < -0.3 is 14.5 Å². The molecule has 0 radical (unpaired) electrons. The predicted molar refractivity (Wildman–Crippen MR) is 112 cm³/mol. The first-order chi connectivity index (χ1) is 14.6. The third-order valence-electron chi connectivity index (χ3n) is 5.86. The molecule has 6 heteroatoms. The molecule has 2 aliphatic heterocycles. The second kappa shape index (κ2) is 9.28. The number of benzene rings is 2. The summed E-state index contributed by atoms with van der Waals surface area (Å²) < 4.78 is 19.4. The Morgan fingerprint density at radius 3 is 2.33 bits per heavy atom. The molecule has 2 amide bonds. The van der Waals surface area contributed by atoms with Crippen molar-refractivity contribution in [3.8, 4) is 5.75 Å². The van der Waals surface area contributed by atoms with Crippen molar-refractivity contribution in [2.24, 2.45) is 5.92 Å². The molecule has 30 heavy (non-hydrogen) atoms. The number of carbonyl (C=O) groups is 2. The van der Waals surface area contributed by atoms with E-state index < -0.39 is 5.82 Å². The molecule has 1 atom stereocenters. The second-order valence-electron chi connectivity index (χ2n) is 8.10. The first kappa shape index (κ1) is 20.4. The fourth-order valence-electron chi connectivity index (χ4n) is 4.20. The molecule has 0 saturated carbocycles. The minimum absolute atomic E-state index is 0.0813. The van der Waals surface area contributed by atoms with Crippen LogP contribution < -0.4 is 4.74 Å². The molecule has 2 heterocycles. The average Bonchev–Trinajstić information content (AvgIpc) is 3.32. The van der Waals surface area contributed by atoms with Crippen LogP contribution in [0.15, 0.2) is 48.5 Å².